The Morgan fingerprint density at radius 2 is 1.93 bits per heavy atom. The minimum Gasteiger partial charge on any atom is -0.504 e. The van der Waals surface area contributed by atoms with Crippen LogP contribution in [0.2, 0.25) is 5.02 Å². The van der Waals surface area contributed by atoms with E-state index in [-0.39, 0.29) is 30.2 Å². The van der Waals surface area contributed by atoms with Gasteiger partial charge in [-0.2, -0.15) is 5.10 Å². The number of benzene rings is 2. The Kier molecular flexibility index (Phi) is 5.84. The van der Waals surface area contributed by atoms with E-state index in [1.54, 1.807) is 24.3 Å². The summed E-state index contributed by atoms with van der Waals surface area (Å²) in [5.41, 5.74) is 2.25. The van der Waals surface area contributed by atoms with E-state index in [4.69, 9.17) is 21.4 Å². The maximum absolute atomic E-state index is 12.6. The number of phenolic OH excluding ortho intramolecular Hbond substituents is 1. The Bertz CT molecular complexity index is 927. The van der Waals surface area contributed by atoms with Crippen LogP contribution in [0, 0.1) is 0 Å². The highest BCUT2D eigenvalue weighted by molar-refractivity contribution is 6.30. The molecule has 0 saturated carbocycles. The second-order valence-electron chi connectivity index (χ2n) is 6.34. The molecule has 7 nitrogen and oxygen atoms in total. The van der Waals surface area contributed by atoms with E-state index in [1.165, 1.54) is 18.2 Å². The van der Waals surface area contributed by atoms with E-state index in [2.05, 4.69) is 5.10 Å². The number of hydrazone groups is 1. The van der Waals surface area contributed by atoms with Crippen molar-refractivity contribution in [1.82, 2.24) is 5.01 Å². The Labute approximate surface area is 166 Å². The lowest BCUT2D eigenvalue weighted by molar-refractivity contribution is -0.141. The summed E-state index contributed by atoms with van der Waals surface area (Å²) in [5.74, 6) is -1.15. The minimum atomic E-state index is -1.04. The largest absolute Gasteiger partial charge is 0.504 e. The molecule has 8 heteroatoms. The third kappa shape index (κ3) is 4.26. The molecular weight excluding hydrogens is 384 g/mol. The van der Waals surface area contributed by atoms with Crippen molar-refractivity contribution in [3.05, 3.63) is 58.6 Å². The van der Waals surface area contributed by atoms with Gasteiger partial charge in [0.2, 0.25) is 5.91 Å². The highest BCUT2D eigenvalue weighted by Gasteiger charge is 2.33. The first kappa shape index (κ1) is 19.7. The summed E-state index contributed by atoms with van der Waals surface area (Å²) in [5, 5.41) is 25.1. The van der Waals surface area contributed by atoms with Crippen molar-refractivity contribution in [2.45, 2.75) is 25.3 Å². The molecule has 0 bridgehead atoms. The van der Waals surface area contributed by atoms with Gasteiger partial charge in [-0.15, -0.1) is 0 Å². The Morgan fingerprint density at radius 1 is 1.21 bits per heavy atom. The predicted octanol–water partition coefficient (Wildman–Crippen LogP) is 3.60. The van der Waals surface area contributed by atoms with E-state index in [0.717, 1.165) is 11.1 Å². The summed E-state index contributed by atoms with van der Waals surface area (Å²) < 4.78 is 5.16. The molecule has 2 aromatic rings. The van der Waals surface area contributed by atoms with Crippen LogP contribution in [-0.2, 0) is 9.59 Å². The number of aliphatic carboxylic acids is 1. The van der Waals surface area contributed by atoms with Crippen molar-refractivity contribution in [2.75, 3.05) is 7.11 Å². The quantitative estimate of drug-likeness (QED) is 0.769. The number of aromatic hydroxyl groups is 1. The molecule has 2 N–H and O–H groups in total. The summed E-state index contributed by atoms with van der Waals surface area (Å²) >= 11 is 5.94. The molecule has 0 aromatic heterocycles. The standard InChI is InChI=1S/C20H19ClN2O5/c1-28-18-10-13(4-7-17(18)24)16-11-15(12-2-5-14(21)6-3-12)22-23(16)19(25)8-9-20(26)27/h2-7,10,16,24H,8-9,11H2,1H3,(H,26,27). The number of carbonyl (C=O) groups excluding carboxylic acids is 1. The van der Waals surface area contributed by atoms with Crippen molar-refractivity contribution in [2.24, 2.45) is 5.10 Å². The molecule has 0 aliphatic carbocycles. The molecule has 3 rings (SSSR count). The minimum absolute atomic E-state index is 0.00755. The number of amides is 1. The van der Waals surface area contributed by atoms with Crippen LogP contribution in [0.25, 0.3) is 0 Å². The highest BCUT2D eigenvalue weighted by atomic mass is 35.5. The average molecular weight is 403 g/mol. The van der Waals surface area contributed by atoms with Crippen LogP contribution in [-0.4, -0.2) is 39.9 Å². The van der Waals surface area contributed by atoms with Crippen LogP contribution in [0.5, 0.6) is 11.5 Å². The second kappa shape index (κ2) is 8.31. The van der Waals surface area contributed by atoms with Gasteiger partial charge < -0.3 is 14.9 Å². The number of ether oxygens (including phenoxy) is 1. The lowest BCUT2D eigenvalue weighted by atomic mass is 9.98. The molecule has 0 radical (unpaired) electrons. The van der Waals surface area contributed by atoms with E-state index >= 15 is 0 Å². The molecule has 1 heterocycles. The van der Waals surface area contributed by atoms with Crippen LogP contribution < -0.4 is 4.74 Å². The van der Waals surface area contributed by atoms with E-state index < -0.39 is 12.0 Å². The van der Waals surface area contributed by atoms with Crippen molar-refractivity contribution in [3.8, 4) is 11.5 Å². The van der Waals surface area contributed by atoms with Crippen LogP contribution in [0.1, 0.15) is 36.4 Å². The number of phenols is 1. The average Bonchev–Trinajstić information content (AvgIpc) is 3.12. The Balaban J connectivity index is 1.94. The first-order valence-electron chi connectivity index (χ1n) is 8.63. The number of carboxylic acids is 1. The molecule has 28 heavy (non-hydrogen) atoms. The van der Waals surface area contributed by atoms with Gasteiger partial charge in [-0.25, -0.2) is 5.01 Å². The van der Waals surface area contributed by atoms with Crippen molar-refractivity contribution < 1.29 is 24.5 Å². The molecule has 0 saturated heterocycles. The zero-order valence-electron chi connectivity index (χ0n) is 15.1. The highest BCUT2D eigenvalue weighted by Crippen LogP contribution is 2.37. The molecular formula is C20H19ClN2O5. The van der Waals surface area contributed by atoms with Gasteiger partial charge in [-0.05, 0) is 35.4 Å². The summed E-state index contributed by atoms with van der Waals surface area (Å²) in [6.07, 6.45) is 0.0135. The molecule has 1 atom stereocenters. The van der Waals surface area contributed by atoms with Crippen LogP contribution in [0.4, 0.5) is 0 Å². The molecule has 146 valence electrons. The first-order valence-corrected chi connectivity index (χ1v) is 9.01. The summed E-state index contributed by atoms with van der Waals surface area (Å²) in [6, 6.07) is 11.5. The lowest BCUT2D eigenvalue weighted by Crippen LogP contribution is -2.27. The topological polar surface area (TPSA) is 99.4 Å². The van der Waals surface area contributed by atoms with Crippen LogP contribution >= 0.6 is 11.6 Å². The molecule has 0 spiro atoms. The van der Waals surface area contributed by atoms with Crippen molar-refractivity contribution in [1.29, 1.82) is 0 Å². The zero-order chi connectivity index (χ0) is 20.3. The fourth-order valence-electron chi connectivity index (χ4n) is 3.05. The number of methoxy groups -OCH3 is 1. The van der Waals surface area contributed by atoms with Gasteiger partial charge in [0.1, 0.15) is 0 Å². The second-order valence-corrected chi connectivity index (χ2v) is 6.77. The van der Waals surface area contributed by atoms with E-state index in [9.17, 15) is 14.7 Å². The molecule has 1 aliphatic rings. The first-order chi connectivity index (χ1) is 13.4. The monoisotopic (exact) mass is 402 g/mol. The third-order valence-corrected chi connectivity index (χ3v) is 4.74. The van der Waals surface area contributed by atoms with Gasteiger partial charge in [-0.3, -0.25) is 9.59 Å². The molecule has 1 aliphatic heterocycles. The number of hydrogen-bond acceptors (Lipinski definition) is 5. The maximum Gasteiger partial charge on any atom is 0.303 e. The number of carbonyl (C=O) groups is 2. The van der Waals surface area contributed by atoms with Gasteiger partial charge in [0.15, 0.2) is 11.5 Å². The third-order valence-electron chi connectivity index (χ3n) is 4.48. The van der Waals surface area contributed by atoms with Gasteiger partial charge in [-0.1, -0.05) is 29.8 Å². The van der Waals surface area contributed by atoms with Gasteiger partial charge in [0.25, 0.3) is 0 Å². The number of hydrogen-bond donors (Lipinski definition) is 2. The maximum atomic E-state index is 12.6. The lowest BCUT2D eigenvalue weighted by Gasteiger charge is -2.22. The zero-order valence-corrected chi connectivity index (χ0v) is 15.9. The van der Waals surface area contributed by atoms with E-state index in [1.807, 2.05) is 12.1 Å². The smallest absolute Gasteiger partial charge is 0.303 e. The van der Waals surface area contributed by atoms with Crippen molar-refractivity contribution in [3.63, 3.8) is 0 Å². The van der Waals surface area contributed by atoms with Crippen molar-refractivity contribution >= 4 is 29.2 Å². The molecule has 1 amide bonds. The number of halogens is 1. The molecule has 0 fully saturated rings. The van der Waals surface area contributed by atoms with Gasteiger partial charge in [0.05, 0.1) is 25.3 Å². The normalized spacial score (nSPS) is 16.0. The Morgan fingerprint density at radius 3 is 2.57 bits per heavy atom. The predicted molar refractivity (Wildman–Crippen MR) is 104 cm³/mol. The fourth-order valence-corrected chi connectivity index (χ4v) is 3.17. The summed E-state index contributed by atoms with van der Waals surface area (Å²) in [6.45, 7) is 0. The number of carboxylic acid groups (broad SMARTS) is 1. The Hall–Kier alpha value is -3.06. The summed E-state index contributed by atoms with van der Waals surface area (Å²) in [7, 11) is 1.44. The van der Waals surface area contributed by atoms with Crippen LogP contribution in [0.15, 0.2) is 47.6 Å². The molecule has 1 unspecified atom stereocenters. The molecule has 2 aromatic carbocycles. The number of rotatable bonds is 6. The SMILES string of the molecule is COc1cc(C2CC(c3ccc(Cl)cc3)=NN2C(=O)CCC(=O)O)ccc1O. The fraction of sp³-hybridized carbons (Fsp3) is 0.250. The summed E-state index contributed by atoms with van der Waals surface area (Å²) in [4.78, 5) is 23.5. The van der Waals surface area contributed by atoms with Crippen LogP contribution in [0.3, 0.4) is 0 Å². The number of nitrogens with zero attached hydrogens (tertiary/aromatic N) is 2. The van der Waals surface area contributed by atoms with E-state index in [0.29, 0.717) is 17.2 Å². The van der Waals surface area contributed by atoms with Gasteiger partial charge in [0, 0.05) is 17.9 Å². The van der Waals surface area contributed by atoms with Gasteiger partial charge >= 0.3 is 5.97 Å².